The molecule has 1 heterocycles. The predicted molar refractivity (Wildman–Crippen MR) is 77.8 cm³/mol. The number of hydrogen-bond donors (Lipinski definition) is 1. The van der Waals surface area contributed by atoms with Crippen LogP contribution >= 0.6 is 0 Å². The predicted octanol–water partition coefficient (Wildman–Crippen LogP) is 2.69. The van der Waals surface area contributed by atoms with E-state index in [4.69, 9.17) is 5.26 Å². The first-order valence-corrected chi connectivity index (χ1v) is 7.16. The standard InChI is InChI=1S/C16H23N3/c1-13(15-7-5-6-14(10-15)11-17)19-9-4-3-8-16(19)12-18-2/h5-7,10,13,16,18H,3-4,8-9,12H2,1-2H3. The van der Waals surface area contributed by atoms with Crippen molar-refractivity contribution >= 4 is 0 Å². The Labute approximate surface area is 116 Å². The fourth-order valence-corrected chi connectivity index (χ4v) is 3.05. The molecule has 102 valence electrons. The van der Waals surface area contributed by atoms with Gasteiger partial charge in [0.05, 0.1) is 11.6 Å². The summed E-state index contributed by atoms with van der Waals surface area (Å²) in [7, 11) is 2.02. The van der Waals surface area contributed by atoms with Gasteiger partial charge in [-0.15, -0.1) is 0 Å². The van der Waals surface area contributed by atoms with Crippen molar-refractivity contribution in [1.82, 2.24) is 10.2 Å². The zero-order chi connectivity index (χ0) is 13.7. The molecule has 1 aromatic carbocycles. The average Bonchev–Trinajstić information content (AvgIpc) is 2.47. The Hall–Kier alpha value is -1.37. The van der Waals surface area contributed by atoms with Crippen LogP contribution in [0.1, 0.15) is 43.4 Å². The Kier molecular flexibility index (Phi) is 4.95. The zero-order valence-corrected chi connectivity index (χ0v) is 11.9. The number of nitrogens with one attached hydrogen (secondary N) is 1. The summed E-state index contributed by atoms with van der Waals surface area (Å²) in [6, 6.07) is 11.2. The SMILES string of the molecule is CNCC1CCCCN1C(C)c1cccc(C#N)c1. The molecule has 1 aliphatic heterocycles. The Bertz CT molecular complexity index is 448. The first-order valence-electron chi connectivity index (χ1n) is 7.16. The van der Waals surface area contributed by atoms with Crippen molar-refractivity contribution < 1.29 is 0 Å². The van der Waals surface area contributed by atoms with Gasteiger partial charge < -0.3 is 5.32 Å². The van der Waals surface area contributed by atoms with Crippen LogP contribution in [0.5, 0.6) is 0 Å². The van der Waals surface area contributed by atoms with E-state index < -0.39 is 0 Å². The maximum absolute atomic E-state index is 9.02. The number of likely N-dealkylation sites (tertiary alicyclic amines) is 1. The lowest BCUT2D eigenvalue weighted by Crippen LogP contribution is -2.45. The maximum Gasteiger partial charge on any atom is 0.0991 e. The van der Waals surface area contributed by atoms with E-state index in [2.05, 4.69) is 29.3 Å². The van der Waals surface area contributed by atoms with Gasteiger partial charge in [0.2, 0.25) is 0 Å². The van der Waals surface area contributed by atoms with Crippen LogP contribution in [0.25, 0.3) is 0 Å². The zero-order valence-electron chi connectivity index (χ0n) is 11.9. The minimum atomic E-state index is 0.381. The van der Waals surface area contributed by atoms with Crippen LogP contribution in [0, 0.1) is 11.3 Å². The van der Waals surface area contributed by atoms with Crippen molar-refractivity contribution in [3.05, 3.63) is 35.4 Å². The third-order valence-corrected chi connectivity index (χ3v) is 4.11. The molecule has 1 aliphatic rings. The van der Waals surface area contributed by atoms with Gasteiger partial charge in [0.15, 0.2) is 0 Å². The smallest absolute Gasteiger partial charge is 0.0991 e. The van der Waals surface area contributed by atoms with Gasteiger partial charge in [0, 0.05) is 18.6 Å². The number of hydrogen-bond acceptors (Lipinski definition) is 3. The molecule has 2 rings (SSSR count). The fourth-order valence-electron chi connectivity index (χ4n) is 3.05. The summed E-state index contributed by atoms with van der Waals surface area (Å²) in [5, 5.41) is 12.3. The monoisotopic (exact) mass is 257 g/mol. The van der Waals surface area contributed by atoms with E-state index >= 15 is 0 Å². The summed E-state index contributed by atoms with van der Waals surface area (Å²) >= 11 is 0. The summed E-state index contributed by atoms with van der Waals surface area (Å²) in [5.74, 6) is 0. The molecule has 1 fully saturated rings. The quantitative estimate of drug-likeness (QED) is 0.901. The molecule has 1 N–H and O–H groups in total. The van der Waals surface area contributed by atoms with Crippen LogP contribution in [0.4, 0.5) is 0 Å². The van der Waals surface area contributed by atoms with Crippen molar-refractivity contribution in [2.45, 2.75) is 38.3 Å². The Morgan fingerprint density at radius 3 is 3.05 bits per heavy atom. The van der Waals surface area contributed by atoms with Gasteiger partial charge in [0.25, 0.3) is 0 Å². The highest BCUT2D eigenvalue weighted by Gasteiger charge is 2.26. The first kappa shape index (κ1) is 14.0. The van der Waals surface area contributed by atoms with E-state index in [1.807, 2.05) is 25.2 Å². The van der Waals surface area contributed by atoms with E-state index in [1.54, 1.807) is 0 Å². The van der Waals surface area contributed by atoms with E-state index in [0.717, 1.165) is 18.7 Å². The van der Waals surface area contributed by atoms with Crippen LogP contribution in [0.3, 0.4) is 0 Å². The molecule has 3 heteroatoms. The number of likely N-dealkylation sites (N-methyl/N-ethyl adjacent to an activating group) is 1. The lowest BCUT2D eigenvalue weighted by molar-refractivity contribution is 0.103. The van der Waals surface area contributed by atoms with Crippen LogP contribution in [0.2, 0.25) is 0 Å². The molecule has 1 aromatic rings. The summed E-state index contributed by atoms with van der Waals surface area (Å²) in [4.78, 5) is 2.58. The van der Waals surface area contributed by atoms with E-state index in [0.29, 0.717) is 12.1 Å². The van der Waals surface area contributed by atoms with Crippen molar-refractivity contribution in [2.75, 3.05) is 20.1 Å². The lowest BCUT2D eigenvalue weighted by atomic mass is 9.96. The maximum atomic E-state index is 9.02. The van der Waals surface area contributed by atoms with E-state index in [9.17, 15) is 0 Å². The molecular weight excluding hydrogens is 234 g/mol. The van der Waals surface area contributed by atoms with Gasteiger partial charge in [-0.1, -0.05) is 18.6 Å². The summed E-state index contributed by atoms with van der Waals surface area (Å²) in [5.41, 5.74) is 2.01. The van der Waals surface area contributed by atoms with Crippen LogP contribution in [-0.2, 0) is 0 Å². The second kappa shape index (κ2) is 6.70. The minimum Gasteiger partial charge on any atom is -0.318 e. The van der Waals surface area contributed by atoms with Crippen molar-refractivity contribution in [3.8, 4) is 6.07 Å². The topological polar surface area (TPSA) is 39.1 Å². The number of benzene rings is 1. The third-order valence-electron chi connectivity index (χ3n) is 4.11. The minimum absolute atomic E-state index is 0.381. The molecule has 0 aliphatic carbocycles. The molecule has 2 atom stereocenters. The number of piperidine rings is 1. The van der Waals surface area contributed by atoms with Crippen molar-refractivity contribution in [1.29, 1.82) is 5.26 Å². The molecule has 0 spiro atoms. The van der Waals surface area contributed by atoms with Gasteiger partial charge in [-0.05, 0) is 51.1 Å². The van der Waals surface area contributed by atoms with Gasteiger partial charge >= 0.3 is 0 Å². The number of nitriles is 1. The van der Waals surface area contributed by atoms with Gasteiger partial charge in [0.1, 0.15) is 0 Å². The Balaban J connectivity index is 2.16. The molecule has 0 radical (unpaired) electrons. The highest BCUT2D eigenvalue weighted by molar-refractivity contribution is 5.34. The van der Waals surface area contributed by atoms with Gasteiger partial charge in [-0.3, -0.25) is 4.90 Å². The van der Waals surface area contributed by atoms with Crippen molar-refractivity contribution in [3.63, 3.8) is 0 Å². The highest BCUT2D eigenvalue weighted by Crippen LogP contribution is 2.28. The normalized spacial score (nSPS) is 21.8. The molecule has 2 unspecified atom stereocenters. The molecule has 0 bridgehead atoms. The molecule has 1 saturated heterocycles. The van der Waals surface area contributed by atoms with Crippen LogP contribution in [0.15, 0.2) is 24.3 Å². The van der Waals surface area contributed by atoms with E-state index in [-0.39, 0.29) is 0 Å². The van der Waals surface area contributed by atoms with Crippen LogP contribution in [-0.4, -0.2) is 31.1 Å². The molecule has 0 amide bonds. The number of rotatable bonds is 4. The lowest BCUT2D eigenvalue weighted by Gasteiger charge is -2.40. The van der Waals surface area contributed by atoms with Crippen LogP contribution < -0.4 is 5.32 Å². The molecular formula is C16H23N3. The molecule has 3 nitrogen and oxygen atoms in total. The molecule has 0 saturated carbocycles. The van der Waals surface area contributed by atoms with Gasteiger partial charge in [-0.25, -0.2) is 0 Å². The largest absolute Gasteiger partial charge is 0.318 e. The summed E-state index contributed by atoms with van der Waals surface area (Å²) in [6.45, 7) is 4.46. The number of nitrogens with zero attached hydrogens (tertiary/aromatic N) is 2. The molecule has 19 heavy (non-hydrogen) atoms. The summed E-state index contributed by atoms with van der Waals surface area (Å²) in [6.07, 6.45) is 3.87. The average molecular weight is 257 g/mol. The second-order valence-corrected chi connectivity index (χ2v) is 5.36. The fraction of sp³-hybridized carbons (Fsp3) is 0.562. The Morgan fingerprint density at radius 2 is 2.32 bits per heavy atom. The van der Waals surface area contributed by atoms with E-state index in [1.165, 1.54) is 24.8 Å². The first-order chi connectivity index (χ1) is 9.26. The van der Waals surface area contributed by atoms with Gasteiger partial charge in [-0.2, -0.15) is 5.26 Å². The third kappa shape index (κ3) is 3.34. The van der Waals surface area contributed by atoms with Crippen molar-refractivity contribution in [2.24, 2.45) is 0 Å². The highest BCUT2D eigenvalue weighted by atomic mass is 15.2. The summed E-state index contributed by atoms with van der Waals surface area (Å²) < 4.78 is 0. The Morgan fingerprint density at radius 1 is 1.47 bits per heavy atom. The molecule has 0 aromatic heterocycles. The second-order valence-electron chi connectivity index (χ2n) is 5.36.